The monoisotopic (exact) mass is 248 g/mol. The Bertz CT molecular complexity index is 406. The van der Waals surface area contributed by atoms with Crippen LogP contribution in [0.25, 0.3) is 0 Å². The second-order valence-corrected chi connectivity index (χ2v) is 5.36. The van der Waals surface area contributed by atoms with Crippen LogP contribution in [0.4, 0.5) is 11.4 Å². The fourth-order valence-corrected chi connectivity index (χ4v) is 2.84. The van der Waals surface area contributed by atoms with Crippen LogP contribution in [-0.4, -0.2) is 11.0 Å². The van der Waals surface area contributed by atoms with Crippen molar-refractivity contribution in [2.75, 3.05) is 5.32 Å². The van der Waals surface area contributed by atoms with Gasteiger partial charge in [0.15, 0.2) is 0 Å². The number of non-ortho nitro benzene ring substituents is 1. The molecule has 1 N–H and O–H groups in total. The lowest BCUT2D eigenvalue weighted by Gasteiger charge is -2.35. The van der Waals surface area contributed by atoms with Crippen LogP contribution in [0.1, 0.15) is 33.1 Å². The predicted molar refractivity (Wildman–Crippen MR) is 72.7 cm³/mol. The Kier molecular flexibility index (Phi) is 3.84. The molecule has 98 valence electrons. The van der Waals surface area contributed by atoms with Crippen LogP contribution < -0.4 is 5.32 Å². The number of nitrogens with one attached hydrogen (secondary N) is 1. The van der Waals surface area contributed by atoms with Gasteiger partial charge in [0.05, 0.1) is 4.92 Å². The molecule has 1 aliphatic carbocycles. The van der Waals surface area contributed by atoms with E-state index < -0.39 is 0 Å². The van der Waals surface area contributed by atoms with E-state index in [2.05, 4.69) is 19.2 Å². The minimum absolute atomic E-state index is 0.144. The van der Waals surface area contributed by atoms with E-state index >= 15 is 0 Å². The first-order valence-electron chi connectivity index (χ1n) is 6.59. The second-order valence-electron chi connectivity index (χ2n) is 5.36. The summed E-state index contributed by atoms with van der Waals surface area (Å²) in [5, 5.41) is 14.1. The van der Waals surface area contributed by atoms with Crippen LogP contribution in [0.15, 0.2) is 24.3 Å². The molecule has 1 aliphatic rings. The molecule has 0 radical (unpaired) electrons. The maximum absolute atomic E-state index is 10.6. The van der Waals surface area contributed by atoms with E-state index in [1.165, 1.54) is 19.3 Å². The van der Waals surface area contributed by atoms with Crippen LogP contribution >= 0.6 is 0 Å². The third kappa shape index (κ3) is 2.81. The summed E-state index contributed by atoms with van der Waals surface area (Å²) >= 11 is 0. The number of rotatable bonds is 3. The minimum Gasteiger partial charge on any atom is -0.382 e. The molecule has 0 heterocycles. The van der Waals surface area contributed by atoms with Crippen molar-refractivity contribution < 1.29 is 4.92 Å². The minimum atomic E-state index is -0.365. The van der Waals surface area contributed by atoms with Gasteiger partial charge in [-0.3, -0.25) is 10.1 Å². The lowest BCUT2D eigenvalue weighted by Crippen LogP contribution is -2.36. The van der Waals surface area contributed by atoms with Gasteiger partial charge < -0.3 is 5.32 Å². The highest BCUT2D eigenvalue weighted by atomic mass is 16.6. The van der Waals surface area contributed by atoms with Gasteiger partial charge in [0.25, 0.3) is 5.69 Å². The van der Waals surface area contributed by atoms with Gasteiger partial charge in [-0.25, -0.2) is 0 Å². The first kappa shape index (κ1) is 12.9. The summed E-state index contributed by atoms with van der Waals surface area (Å²) in [5.41, 5.74) is 1.12. The summed E-state index contributed by atoms with van der Waals surface area (Å²) in [6.07, 6.45) is 3.82. The normalized spacial score (nSPS) is 27.8. The molecular formula is C14H20N2O2. The summed E-state index contributed by atoms with van der Waals surface area (Å²) in [4.78, 5) is 10.2. The average molecular weight is 248 g/mol. The molecule has 1 saturated carbocycles. The van der Waals surface area contributed by atoms with Gasteiger partial charge in [0.1, 0.15) is 0 Å². The van der Waals surface area contributed by atoms with Gasteiger partial charge in [-0.1, -0.05) is 20.3 Å². The summed E-state index contributed by atoms with van der Waals surface area (Å²) < 4.78 is 0. The van der Waals surface area contributed by atoms with Gasteiger partial charge in [-0.2, -0.15) is 0 Å². The third-order valence-electron chi connectivity index (χ3n) is 3.96. The molecule has 0 spiro atoms. The van der Waals surface area contributed by atoms with E-state index in [1.54, 1.807) is 24.3 Å². The zero-order chi connectivity index (χ0) is 13.1. The Labute approximate surface area is 108 Å². The Morgan fingerprint density at radius 1 is 1.17 bits per heavy atom. The average Bonchev–Trinajstić information content (AvgIpc) is 2.34. The van der Waals surface area contributed by atoms with E-state index in [4.69, 9.17) is 0 Å². The first-order chi connectivity index (χ1) is 8.58. The number of nitro benzene ring substituents is 1. The van der Waals surface area contributed by atoms with Crippen molar-refractivity contribution >= 4 is 11.4 Å². The maximum Gasteiger partial charge on any atom is 0.269 e. The summed E-state index contributed by atoms with van der Waals surface area (Å²) in [6, 6.07) is 7.18. The topological polar surface area (TPSA) is 55.2 Å². The zero-order valence-corrected chi connectivity index (χ0v) is 10.9. The molecule has 1 aromatic carbocycles. The third-order valence-corrected chi connectivity index (χ3v) is 3.96. The largest absolute Gasteiger partial charge is 0.382 e. The maximum atomic E-state index is 10.6. The van der Waals surface area contributed by atoms with E-state index in [1.807, 2.05) is 0 Å². The van der Waals surface area contributed by atoms with Crippen molar-refractivity contribution in [2.24, 2.45) is 11.8 Å². The molecular weight excluding hydrogens is 228 g/mol. The molecule has 2 rings (SSSR count). The number of hydrogen-bond donors (Lipinski definition) is 1. The van der Waals surface area contributed by atoms with Crippen molar-refractivity contribution in [3.8, 4) is 0 Å². The summed E-state index contributed by atoms with van der Waals surface area (Å²) in [6.45, 7) is 4.55. The van der Waals surface area contributed by atoms with Gasteiger partial charge >= 0.3 is 0 Å². The quantitative estimate of drug-likeness (QED) is 0.653. The molecule has 18 heavy (non-hydrogen) atoms. The summed E-state index contributed by atoms with van der Waals surface area (Å²) in [5.74, 6) is 1.31. The molecule has 2 atom stereocenters. The lowest BCUT2D eigenvalue weighted by atomic mass is 9.78. The Hall–Kier alpha value is -1.58. The fraction of sp³-hybridized carbons (Fsp3) is 0.571. The molecule has 0 aromatic heterocycles. The van der Waals surface area contributed by atoms with Crippen molar-refractivity contribution in [1.82, 2.24) is 0 Å². The van der Waals surface area contributed by atoms with Crippen LogP contribution in [0, 0.1) is 22.0 Å². The highest BCUT2D eigenvalue weighted by Crippen LogP contribution is 2.31. The van der Waals surface area contributed by atoms with E-state index in [-0.39, 0.29) is 10.6 Å². The van der Waals surface area contributed by atoms with Gasteiger partial charge in [-0.05, 0) is 36.8 Å². The van der Waals surface area contributed by atoms with Crippen LogP contribution in [0.3, 0.4) is 0 Å². The van der Waals surface area contributed by atoms with Gasteiger partial charge in [0.2, 0.25) is 0 Å². The molecule has 0 amide bonds. The fourth-order valence-electron chi connectivity index (χ4n) is 2.84. The molecule has 2 unspecified atom stereocenters. The van der Waals surface area contributed by atoms with Crippen molar-refractivity contribution in [3.05, 3.63) is 34.4 Å². The van der Waals surface area contributed by atoms with Crippen molar-refractivity contribution in [3.63, 3.8) is 0 Å². The molecule has 1 fully saturated rings. The van der Waals surface area contributed by atoms with E-state index in [0.717, 1.165) is 5.69 Å². The number of anilines is 1. The Balaban J connectivity index is 2.06. The van der Waals surface area contributed by atoms with Crippen LogP contribution in [-0.2, 0) is 0 Å². The second kappa shape index (κ2) is 5.38. The number of hydrogen-bond acceptors (Lipinski definition) is 3. The Morgan fingerprint density at radius 2 is 1.72 bits per heavy atom. The highest BCUT2D eigenvalue weighted by molar-refractivity contribution is 5.49. The molecule has 4 nitrogen and oxygen atoms in total. The molecule has 0 aliphatic heterocycles. The highest BCUT2D eigenvalue weighted by Gasteiger charge is 2.27. The van der Waals surface area contributed by atoms with Crippen LogP contribution in [0.5, 0.6) is 0 Å². The Morgan fingerprint density at radius 3 is 2.22 bits per heavy atom. The van der Waals surface area contributed by atoms with Crippen molar-refractivity contribution in [1.29, 1.82) is 0 Å². The summed E-state index contributed by atoms with van der Waals surface area (Å²) in [7, 11) is 0. The van der Waals surface area contributed by atoms with Crippen LogP contribution in [0.2, 0.25) is 0 Å². The number of benzene rings is 1. The molecule has 1 aromatic rings. The first-order valence-corrected chi connectivity index (χ1v) is 6.59. The smallest absolute Gasteiger partial charge is 0.269 e. The van der Waals surface area contributed by atoms with E-state index in [9.17, 15) is 10.1 Å². The molecule has 4 heteroatoms. The zero-order valence-electron chi connectivity index (χ0n) is 10.9. The van der Waals surface area contributed by atoms with Gasteiger partial charge in [-0.15, -0.1) is 0 Å². The molecule has 0 saturated heterocycles. The van der Waals surface area contributed by atoms with Crippen molar-refractivity contribution in [2.45, 2.75) is 39.2 Å². The van der Waals surface area contributed by atoms with Gasteiger partial charge in [0, 0.05) is 23.9 Å². The molecule has 0 bridgehead atoms. The number of nitro groups is 1. The number of nitrogens with zero attached hydrogens (tertiary/aromatic N) is 1. The van der Waals surface area contributed by atoms with E-state index in [0.29, 0.717) is 17.9 Å². The lowest BCUT2D eigenvalue weighted by molar-refractivity contribution is -0.384. The standard InChI is InChI=1S/C14H20N2O2/c1-10-4-3-5-11(2)14(10)15-12-6-8-13(9-7-12)16(17)18/h6-11,14-15H,3-5H2,1-2H3. The SMILES string of the molecule is CC1CCCC(C)C1Nc1ccc([N+](=O)[O-])cc1. The predicted octanol–water partition coefficient (Wildman–Crippen LogP) is 3.83.